The molecule has 2 atom stereocenters. The van der Waals surface area contributed by atoms with Crippen molar-refractivity contribution in [3.05, 3.63) is 24.3 Å². The molecule has 0 amide bonds. The van der Waals surface area contributed by atoms with Crippen LogP contribution >= 0.6 is 0 Å². The molecule has 0 heterocycles. The van der Waals surface area contributed by atoms with Crippen molar-refractivity contribution in [2.24, 2.45) is 0 Å². The molecule has 0 radical (unpaired) electrons. The van der Waals surface area contributed by atoms with Crippen LogP contribution in [0.3, 0.4) is 0 Å². The lowest BCUT2D eigenvalue weighted by atomic mass is 9.80. The van der Waals surface area contributed by atoms with Gasteiger partial charge in [0, 0.05) is 12.1 Å². The van der Waals surface area contributed by atoms with E-state index < -0.39 is 6.17 Å². The highest BCUT2D eigenvalue weighted by molar-refractivity contribution is 5.18. The first kappa shape index (κ1) is 13.8. The molecule has 0 aromatic heterocycles. The average Bonchev–Trinajstić information content (AvgIpc) is 2.39. The summed E-state index contributed by atoms with van der Waals surface area (Å²) in [4.78, 5) is 2.33. The summed E-state index contributed by atoms with van der Waals surface area (Å²) >= 11 is 0. The summed E-state index contributed by atoms with van der Waals surface area (Å²) < 4.78 is 13.7. The highest BCUT2D eigenvalue weighted by Gasteiger charge is 2.34. The van der Waals surface area contributed by atoms with E-state index in [1.807, 2.05) is 12.2 Å². The highest BCUT2D eigenvalue weighted by Crippen LogP contribution is 2.31. The number of alkyl halides is 1. The van der Waals surface area contributed by atoms with Crippen molar-refractivity contribution in [3.8, 4) is 0 Å². The van der Waals surface area contributed by atoms with Crippen molar-refractivity contribution in [2.75, 3.05) is 20.6 Å². The summed E-state index contributed by atoms with van der Waals surface area (Å²) in [6, 6.07) is -0.159. The zero-order chi connectivity index (χ0) is 13.0. The third-order valence-electron chi connectivity index (χ3n) is 4.47. The standard InChI is InChI=1S/C15H25FN2/c1-18(2)15(10-6-3-7-11-15)12-17-14-9-5-4-8-13(14)16/h4-5,8-9,13-14,17H,3,6-7,10-12H2,1-2H3. The monoisotopic (exact) mass is 252 g/mol. The topological polar surface area (TPSA) is 15.3 Å². The third kappa shape index (κ3) is 3.01. The van der Waals surface area contributed by atoms with Crippen LogP contribution in [0.1, 0.15) is 32.1 Å². The maximum absolute atomic E-state index is 13.7. The molecular formula is C15H25FN2. The minimum absolute atomic E-state index is 0.159. The second-order valence-corrected chi connectivity index (χ2v) is 5.80. The molecule has 2 aliphatic carbocycles. The maximum Gasteiger partial charge on any atom is 0.137 e. The van der Waals surface area contributed by atoms with Gasteiger partial charge in [0.15, 0.2) is 0 Å². The van der Waals surface area contributed by atoms with Crippen LogP contribution in [0.15, 0.2) is 24.3 Å². The zero-order valence-corrected chi connectivity index (χ0v) is 11.5. The molecule has 0 aliphatic heterocycles. The molecule has 2 rings (SSSR count). The predicted molar refractivity (Wildman–Crippen MR) is 74.5 cm³/mol. The normalized spacial score (nSPS) is 30.9. The molecule has 102 valence electrons. The van der Waals surface area contributed by atoms with E-state index >= 15 is 0 Å². The van der Waals surface area contributed by atoms with E-state index in [0.717, 1.165) is 6.54 Å². The summed E-state index contributed by atoms with van der Waals surface area (Å²) in [7, 11) is 4.30. The molecular weight excluding hydrogens is 227 g/mol. The fourth-order valence-electron chi connectivity index (χ4n) is 3.06. The van der Waals surface area contributed by atoms with Crippen molar-refractivity contribution >= 4 is 0 Å². The summed E-state index contributed by atoms with van der Waals surface area (Å²) in [5.41, 5.74) is 0.215. The molecule has 2 unspecified atom stereocenters. The van der Waals surface area contributed by atoms with Crippen molar-refractivity contribution < 1.29 is 4.39 Å². The first-order valence-electron chi connectivity index (χ1n) is 7.04. The van der Waals surface area contributed by atoms with Gasteiger partial charge in [-0.05, 0) is 33.0 Å². The van der Waals surface area contributed by atoms with E-state index in [0.29, 0.717) is 0 Å². The van der Waals surface area contributed by atoms with Gasteiger partial charge in [-0.3, -0.25) is 0 Å². The number of halogens is 1. The largest absolute Gasteiger partial charge is 0.306 e. The molecule has 1 saturated carbocycles. The van der Waals surface area contributed by atoms with Crippen LogP contribution in [-0.4, -0.2) is 43.3 Å². The van der Waals surface area contributed by atoms with Crippen LogP contribution in [0, 0.1) is 0 Å². The van der Waals surface area contributed by atoms with Gasteiger partial charge >= 0.3 is 0 Å². The lowest BCUT2D eigenvalue weighted by Gasteiger charge is -2.44. The van der Waals surface area contributed by atoms with E-state index in [1.54, 1.807) is 12.2 Å². The Hall–Kier alpha value is -0.670. The SMILES string of the molecule is CN(C)C1(CNC2C=CC=CC2F)CCCCC1. The number of rotatable bonds is 4. The van der Waals surface area contributed by atoms with E-state index in [2.05, 4.69) is 24.3 Å². The number of likely N-dealkylation sites (N-methyl/N-ethyl adjacent to an activating group) is 1. The second kappa shape index (κ2) is 5.98. The first-order chi connectivity index (χ1) is 8.64. The molecule has 0 spiro atoms. The van der Waals surface area contributed by atoms with E-state index in [-0.39, 0.29) is 11.6 Å². The van der Waals surface area contributed by atoms with E-state index in [4.69, 9.17) is 0 Å². The van der Waals surface area contributed by atoms with Crippen LogP contribution in [-0.2, 0) is 0 Å². The smallest absolute Gasteiger partial charge is 0.137 e. The van der Waals surface area contributed by atoms with Crippen molar-refractivity contribution in [3.63, 3.8) is 0 Å². The van der Waals surface area contributed by atoms with Gasteiger partial charge in [-0.2, -0.15) is 0 Å². The Morgan fingerprint density at radius 2 is 1.83 bits per heavy atom. The molecule has 1 N–H and O–H groups in total. The van der Waals surface area contributed by atoms with Gasteiger partial charge in [-0.15, -0.1) is 0 Å². The summed E-state index contributed by atoms with van der Waals surface area (Å²) in [6.07, 6.45) is 12.7. The number of hydrogen-bond donors (Lipinski definition) is 1. The second-order valence-electron chi connectivity index (χ2n) is 5.80. The Morgan fingerprint density at radius 3 is 2.44 bits per heavy atom. The van der Waals surface area contributed by atoms with Crippen molar-refractivity contribution in [1.82, 2.24) is 10.2 Å². The minimum Gasteiger partial charge on any atom is -0.306 e. The zero-order valence-electron chi connectivity index (χ0n) is 11.5. The van der Waals surface area contributed by atoms with E-state index in [9.17, 15) is 4.39 Å². The number of nitrogens with zero attached hydrogens (tertiary/aromatic N) is 1. The molecule has 2 aliphatic rings. The molecule has 18 heavy (non-hydrogen) atoms. The Labute approximate surface area is 110 Å². The molecule has 0 saturated heterocycles. The molecule has 3 heteroatoms. The van der Waals surface area contributed by atoms with Gasteiger partial charge in [0.05, 0.1) is 6.04 Å². The maximum atomic E-state index is 13.7. The van der Waals surface area contributed by atoms with Gasteiger partial charge in [-0.25, -0.2) is 4.39 Å². The number of hydrogen-bond acceptors (Lipinski definition) is 2. The van der Waals surface area contributed by atoms with Crippen LogP contribution in [0.2, 0.25) is 0 Å². The highest BCUT2D eigenvalue weighted by atomic mass is 19.1. The summed E-state index contributed by atoms with van der Waals surface area (Å²) in [5.74, 6) is 0. The van der Waals surface area contributed by atoms with Gasteiger partial charge in [0.1, 0.15) is 6.17 Å². The lowest BCUT2D eigenvalue weighted by Crippen LogP contribution is -2.55. The number of allylic oxidation sites excluding steroid dienone is 2. The molecule has 2 nitrogen and oxygen atoms in total. The fraction of sp³-hybridized carbons (Fsp3) is 0.733. The first-order valence-corrected chi connectivity index (χ1v) is 7.04. The van der Waals surface area contributed by atoms with Gasteiger partial charge in [0.25, 0.3) is 0 Å². The van der Waals surface area contributed by atoms with Gasteiger partial charge in [0.2, 0.25) is 0 Å². The Balaban J connectivity index is 1.93. The summed E-state index contributed by atoms with van der Waals surface area (Å²) in [5, 5.41) is 3.41. The quantitative estimate of drug-likeness (QED) is 0.827. The predicted octanol–water partition coefficient (Wildman–Crippen LogP) is 2.67. The number of nitrogens with one attached hydrogen (secondary N) is 1. The van der Waals surface area contributed by atoms with Crippen LogP contribution in [0.25, 0.3) is 0 Å². The molecule has 0 aromatic rings. The minimum atomic E-state index is -0.891. The van der Waals surface area contributed by atoms with Gasteiger partial charge in [-0.1, -0.05) is 37.5 Å². The van der Waals surface area contributed by atoms with E-state index in [1.165, 1.54) is 32.1 Å². The lowest BCUT2D eigenvalue weighted by molar-refractivity contribution is 0.0940. The Bertz CT molecular complexity index is 316. The van der Waals surface area contributed by atoms with Crippen LogP contribution in [0.4, 0.5) is 4.39 Å². The average molecular weight is 252 g/mol. The third-order valence-corrected chi connectivity index (χ3v) is 4.47. The van der Waals surface area contributed by atoms with Crippen LogP contribution < -0.4 is 5.32 Å². The van der Waals surface area contributed by atoms with Crippen molar-refractivity contribution in [2.45, 2.75) is 49.9 Å². The molecule has 0 bridgehead atoms. The fourth-order valence-corrected chi connectivity index (χ4v) is 3.06. The molecule has 1 fully saturated rings. The summed E-state index contributed by atoms with van der Waals surface area (Å²) in [6.45, 7) is 0.878. The Morgan fingerprint density at radius 1 is 1.17 bits per heavy atom. The van der Waals surface area contributed by atoms with Crippen molar-refractivity contribution in [1.29, 1.82) is 0 Å². The van der Waals surface area contributed by atoms with Gasteiger partial charge < -0.3 is 10.2 Å². The van der Waals surface area contributed by atoms with Crippen LogP contribution in [0.5, 0.6) is 0 Å². The molecule has 0 aromatic carbocycles. The Kier molecular flexibility index (Phi) is 4.57.